The Balaban J connectivity index is 1.92. The molecular weight excluding hydrogens is 272 g/mol. The third kappa shape index (κ3) is 1.92. The zero-order valence-corrected chi connectivity index (χ0v) is 13.1. The highest BCUT2D eigenvalue weighted by Crippen LogP contribution is 2.38. The lowest BCUT2D eigenvalue weighted by Gasteiger charge is -2.24. The van der Waals surface area contributed by atoms with E-state index in [-0.39, 0.29) is 0 Å². The van der Waals surface area contributed by atoms with E-state index in [1.165, 1.54) is 18.2 Å². The van der Waals surface area contributed by atoms with Crippen molar-refractivity contribution < 1.29 is 4.74 Å². The molecule has 3 nitrogen and oxygen atoms in total. The first-order valence-electron chi connectivity index (χ1n) is 7.80. The van der Waals surface area contributed by atoms with Crippen LogP contribution in [0.15, 0.2) is 35.8 Å². The minimum Gasteiger partial charge on any atom is -0.496 e. The summed E-state index contributed by atoms with van der Waals surface area (Å²) in [6, 6.07) is 9.04. The highest BCUT2D eigenvalue weighted by molar-refractivity contribution is 5.94. The third-order valence-corrected chi connectivity index (χ3v) is 4.81. The molecule has 3 heteroatoms. The summed E-state index contributed by atoms with van der Waals surface area (Å²) in [5.41, 5.74) is 4.41. The minimum atomic E-state index is 0.402. The van der Waals surface area contributed by atoms with Crippen molar-refractivity contribution in [2.75, 3.05) is 13.7 Å². The van der Waals surface area contributed by atoms with E-state index in [0.717, 1.165) is 40.2 Å². The summed E-state index contributed by atoms with van der Waals surface area (Å²) in [7, 11) is 1.71. The van der Waals surface area contributed by atoms with Crippen molar-refractivity contribution in [3.05, 3.63) is 42.0 Å². The molecule has 2 aliphatic heterocycles. The van der Waals surface area contributed by atoms with Crippen molar-refractivity contribution in [2.45, 2.75) is 25.8 Å². The summed E-state index contributed by atoms with van der Waals surface area (Å²) in [5.74, 6) is 0.921. The number of hydrogen-bond acceptors (Lipinski definition) is 3. The number of ether oxygens (including phenoxy) is 1. The largest absolute Gasteiger partial charge is 0.496 e. The molecule has 1 saturated heterocycles. The molecule has 0 bridgehead atoms. The second kappa shape index (κ2) is 4.87. The third-order valence-electron chi connectivity index (χ3n) is 4.81. The van der Waals surface area contributed by atoms with E-state index in [0.29, 0.717) is 6.04 Å². The molecule has 22 heavy (non-hydrogen) atoms. The molecule has 2 aromatic rings. The Morgan fingerprint density at radius 2 is 2.05 bits per heavy atom. The SMILES string of the molecule is C=C1c2cc3cc(C)c(OC)cc3cc2N=CC2CCCN12. The molecular formula is C19H20N2O. The van der Waals surface area contributed by atoms with Crippen LogP contribution in [-0.4, -0.2) is 30.8 Å². The van der Waals surface area contributed by atoms with Gasteiger partial charge in [-0.1, -0.05) is 6.58 Å². The van der Waals surface area contributed by atoms with Gasteiger partial charge in [0.2, 0.25) is 0 Å². The van der Waals surface area contributed by atoms with E-state index in [9.17, 15) is 0 Å². The maximum atomic E-state index is 5.44. The van der Waals surface area contributed by atoms with Gasteiger partial charge in [-0.05, 0) is 60.4 Å². The number of fused-ring (bicyclic) bond motifs is 3. The van der Waals surface area contributed by atoms with Crippen molar-refractivity contribution in [2.24, 2.45) is 4.99 Å². The Kier molecular flexibility index (Phi) is 2.96. The fourth-order valence-electron chi connectivity index (χ4n) is 3.59. The Bertz CT molecular complexity index is 807. The molecule has 4 rings (SSSR count). The zero-order valence-electron chi connectivity index (χ0n) is 13.1. The molecule has 2 heterocycles. The molecule has 0 aliphatic carbocycles. The first-order valence-corrected chi connectivity index (χ1v) is 7.80. The molecule has 0 amide bonds. The second-order valence-corrected chi connectivity index (χ2v) is 6.17. The lowest BCUT2D eigenvalue weighted by atomic mass is 10.0. The number of aliphatic imine (C=N–C) groups is 1. The van der Waals surface area contributed by atoms with E-state index >= 15 is 0 Å². The summed E-state index contributed by atoms with van der Waals surface area (Å²) in [4.78, 5) is 7.13. The van der Waals surface area contributed by atoms with E-state index in [1.807, 2.05) is 0 Å². The van der Waals surface area contributed by atoms with Crippen molar-refractivity contribution in [3.8, 4) is 5.75 Å². The minimum absolute atomic E-state index is 0.402. The summed E-state index contributed by atoms with van der Waals surface area (Å²) in [6.07, 6.45) is 4.47. The molecule has 2 aliphatic rings. The van der Waals surface area contributed by atoms with Crippen LogP contribution in [-0.2, 0) is 0 Å². The fourth-order valence-corrected chi connectivity index (χ4v) is 3.59. The normalized spacial score (nSPS) is 20.0. The van der Waals surface area contributed by atoms with Crippen molar-refractivity contribution >= 4 is 28.4 Å². The Morgan fingerprint density at radius 3 is 2.86 bits per heavy atom. The van der Waals surface area contributed by atoms with Gasteiger partial charge in [-0.2, -0.15) is 0 Å². The van der Waals surface area contributed by atoms with E-state index in [2.05, 4.69) is 48.9 Å². The van der Waals surface area contributed by atoms with Crippen LogP contribution in [0.1, 0.15) is 24.0 Å². The number of nitrogens with zero attached hydrogens (tertiary/aromatic N) is 2. The van der Waals surface area contributed by atoms with Crippen LogP contribution in [0.25, 0.3) is 16.5 Å². The summed E-state index contributed by atoms with van der Waals surface area (Å²) < 4.78 is 5.44. The van der Waals surface area contributed by atoms with Crippen LogP contribution >= 0.6 is 0 Å². The molecule has 0 aromatic heterocycles. The summed E-state index contributed by atoms with van der Waals surface area (Å²) in [6.45, 7) is 7.50. The predicted molar refractivity (Wildman–Crippen MR) is 92.2 cm³/mol. The maximum absolute atomic E-state index is 5.44. The maximum Gasteiger partial charge on any atom is 0.122 e. The second-order valence-electron chi connectivity index (χ2n) is 6.17. The Hall–Kier alpha value is -2.29. The first kappa shape index (κ1) is 13.4. The Morgan fingerprint density at radius 1 is 1.23 bits per heavy atom. The smallest absolute Gasteiger partial charge is 0.122 e. The van der Waals surface area contributed by atoms with Gasteiger partial charge in [0.15, 0.2) is 0 Å². The number of hydrogen-bond donors (Lipinski definition) is 0. The van der Waals surface area contributed by atoms with Gasteiger partial charge in [-0.25, -0.2) is 0 Å². The number of benzene rings is 2. The van der Waals surface area contributed by atoms with Crippen LogP contribution in [0.2, 0.25) is 0 Å². The summed E-state index contributed by atoms with van der Waals surface area (Å²) in [5, 5.41) is 2.37. The Labute approximate surface area is 130 Å². The van der Waals surface area contributed by atoms with Gasteiger partial charge in [0.25, 0.3) is 0 Å². The molecule has 0 spiro atoms. The first-order chi connectivity index (χ1) is 10.7. The molecule has 1 atom stereocenters. The molecule has 0 N–H and O–H groups in total. The monoisotopic (exact) mass is 292 g/mol. The van der Waals surface area contributed by atoms with E-state index < -0.39 is 0 Å². The lowest BCUT2D eigenvalue weighted by molar-refractivity contribution is 0.412. The average molecular weight is 292 g/mol. The van der Waals surface area contributed by atoms with Gasteiger partial charge in [0.05, 0.1) is 18.8 Å². The highest BCUT2D eigenvalue weighted by Gasteiger charge is 2.28. The lowest BCUT2D eigenvalue weighted by Crippen LogP contribution is -2.27. The van der Waals surface area contributed by atoms with Crippen molar-refractivity contribution in [1.29, 1.82) is 0 Å². The van der Waals surface area contributed by atoms with Crippen molar-refractivity contribution in [1.82, 2.24) is 4.90 Å². The van der Waals surface area contributed by atoms with Gasteiger partial charge in [-0.15, -0.1) is 0 Å². The topological polar surface area (TPSA) is 24.8 Å². The van der Waals surface area contributed by atoms with Crippen LogP contribution in [0, 0.1) is 6.92 Å². The van der Waals surface area contributed by atoms with Crippen LogP contribution in [0.3, 0.4) is 0 Å². The van der Waals surface area contributed by atoms with Crippen LogP contribution in [0.5, 0.6) is 5.75 Å². The standard InChI is InChI=1S/C19H20N2O/c1-12-7-14-8-17-13(2)21-6-4-5-16(21)11-20-18(17)9-15(14)10-19(12)22-3/h7-11,16H,2,4-6H2,1,3H3. The van der Waals surface area contributed by atoms with E-state index in [1.54, 1.807) is 7.11 Å². The zero-order chi connectivity index (χ0) is 15.3. The molecule has 0 radical (unpaired) electrons. The number of rotatable bonds is 1. The van der Waals surface area contributed by atoms with Gasteiger partial charge >= 0.3 is 0 Å². The van der Waals surface area contributed by atoms with Gasteiger partial charge in [0.1, 0.15) is 5.75 Å². The highest BCUT2D eigenvalue weighted by atomic mass is 16.5. The van der Waals surface area contributed by atoms with Crippen molar-refractivity contribution in [3.63, 3.8) is 0 Å². The van der Waals surface area contributed by atoms with Crippen LogP contribution < -0.4 is 4.74 Å². The molecule has 1 unspecified atom stereocenters. The number of aryl methyl sites for hydroxylation is 1. The molecule has 2 aromatic carbocycles. The van der Waals surface area contributed by atoms with Crippen LogP contribution in [0.4, 0.5) is 5.69 Å². The van der Waals surface area contributed by atoms with Gasteiger partial charge in [0, 0.05) is 24.0 Å². The van der Waals surface area contributed by atoms with Gasteiger partial charge < -0.3 is 9.64 Å². The fraction of sp³-hybridized carbons (Fsp3) is 0.316. The number of methoxy groups -OCH3 is 1. The quantitative estimate of drug-likeness (QED) is 0.782. The average Bonchev–Trinajstić information content (AvgIpc) is 2.95. The van der Waals surface area contributed by atoms with E-state index in [4.69, 9.17) is 9.73 Å². The molecule has 1 fully saturated rings. The molecule has 0 saturated carbocycles. The summed E-state index contributed by atoms with van der Waals surface area (Å²) >= 11 is 0. The van der Waals surface area contributed by atoms with Gasteiger partial charge in [-0.3, -0.25) is 4.99 Å². The molecule has 112 valence electrons. The predicted octanol–water partition coefficient (Wildman–Crippen LogP) is 4.31.